The largest absolute Gasteiger partial charge is 0.350 e. The molecular formula is C24H26N4O. The van der Waals surface area contributed by atoms with E-state index in [0.29, 0.717) is 24.4 Å². The van der Waals surface area contributed by atoms with Gasteiger partial charge in [0.15, 0.2) is 0 Å². The Balaban J connectivity index is 1.17. The van der Waals surface area contributed by atoms with Crippen molar-refractivity contribution in [2.24, 2.45) is 0 Å². The van der Waals surface area contributed by atoms with Crippen molar-refractivity contribution < 1.29 is 4.79 Å². The normalized spacial score (nSPS) is 20.6. The first-order valence-corrected chi connectivity index (χ1v) is 10.5. The SMILES string of the molecule is Cc1ccc(N2CC3CC2CN3C(=O)CCCc2cccc3ncccc23)nc1. The van der Waals surface area contributed by atoms with Crippen LogP contribution in [0.3, 0.4) is 0 Å². The fourth-order valence-electron chi connectivity index (χ4n) is 4.84. The summed E-state index contributed by atoms with van der Waals surface area (Å²) in [6.07, 6.45) is 7.22. The zero-order valence-electron chi connectivity index (χ0n) is 16.8. The number of nitrogens with zero attached hydrogens (tertiary/aromatic N) is 4. The Morgan fingerprint density at radius 2 is 2.00 bits per heavy atom. The fraction of sp³-hybridized carbons (Fsp3) is 0.375. The third-order valence-electron chi connectivity index (χ3n) is 6.32. The lowest BCUT2D eigenvalue weighted by Gasteiger charge is -2.35. The number of benzene rings is 1. The number of carbonyl (C=O) groups is 1. The van der Waals surface area contributed by atoms with Crippen LogP contribution in [0.2, 0.25) is 0 Å². The molecule has 2 atom stereocenters. The van der Waals surface area contributed by atoms with Crippen LogP contribution in [0.4, 0.5) is 5.82 Å². The molecule has 5 rings (SSSR count). The maximum Gasteiger partial charge on any atom is 0.222 e. The molecule has 0 saturated carbocycles. The highest BCUT2D eigenvalue weighted by atomic mass is 16.2. The first-order valence-electron chi connectivity index (χ1n) is 10.5. The highest BCUT2D eigenvalue weighted by Gasteiger charge is 2.45. The molecule has 0 radical (unpaired) electrons. The number of rotatable bonds is 5. The summed E-state index contributed by atoms with van der Waals surface area (Å²) in [5.74, 6) is 1.34. The fourth-order valence-corrected chi connectivity index (χ4v) is 4.84. The van der Waals surface area contributed by atoms with Crippen molar-refractivity contribution >= 4 is 22.6 Å². The molecule has 1 amide bonds. The van der Waals surface area contributed by atoms with E-state index in [9.17, 15) is 4.79 Å². The Morgan fingerprint density at radius 1 is 1.07 bits per heavy atom. The molecule has 2 aromatic heterocycles. The van der Waals surface area contributed by atoms with Crippen LogP contribution < -0.4 is 4.90 Å². The van der Waals surface area contributed by atoms with E-state index in [-0.39, 0.29) is 0 Å². The van der Waals surface area contributed by atoms with Crippen LogP contribution in [0, 0.1) is 6.92 Å². The number of hydrogen-bond donors (Lipinski definition) is 0. The molecule has 5 nitrogen and oxygen atoms in total. The van der Waals surface area contributed by atoms with E-state index in [4.69, 9.17) is 0 Å². The molecule has 1 aromatic carbocycles. The van der Waals surface area contributed by atoms with Crippen molar-refractivity contribution in [3.63, 3.8) is 0 Å². The lowest BCUT2D eigenvalue weighted by Crippen LogP contribution is -2.49. The van der Waals surface area contributed by atoms with Crippen molar-refractivity contribution in [2.45, 2.75) is 44.7 Å². The lowest BCUT2D eigenvalue weighted by molar-refractivity contribution is -0.132. The minimum absolute atomic E-state index is 0.298. The Labute approximate surface area is 171 Å². The summed E-state index contributed by atoms with van der Waals surface area (Å²) in [6.45, 7) is 3.79. The number of likely N-dealkylation sites (tertiary alicyclic amines) is 1. The van der Waals surface area contributed by atoms with Gasteiger partial charge in [0.2, 0.25) is 5.91 Å². The van der Waals surface area contributed by atoms with Crippen LogP contribution >= 0.6 is 0 Å². The summed E-state index contributed by atoms with van der Waals surface area (Å²) in [5.41, 5.74) is 3.48. The van der Waals surface area contributed by atoms with Crippen molar-refractivity contribution in [2.75, 3.05) is 18.0 Å². The van der Waals surface area contributed by atoms with E-state index in [0.717, 1.165) is 43.7 Å². The lowest BCUT2D eigenvalue weighted by atomic mass is 10.0. The molecule has 2 saturated heterocycles. The summed E-state index contributed by atoms with van der Waals surface area (Å²) in [5, 5.41) is 1.20. The second kappa shape index (κ2) is 7.47. The predicted molar refractivity (Wildman–Crippen MR) is 115 cm³/mol. The summed E-state index contributed by atoms with van der Waals surface area (Å²) in [4.78, 5) is 26.3. The Hall–Kier alpha value is -2.95. The molecule has 2 aliphatic rings. The second-order valence-corrected chi connectivity index (χ2v) is 8.28. The average Bonchev–Trinajstić information content (AvgIpc) is 3.35. The molecule has 4 heterocycles. The van der Waals surface area contributed by atoms with E-state index in [2.05, 4.69) is 57.0 Å². The van der Waals surface area contributed by atoms with E-state index in [1.807, 2.05) is 24.5 Å². The van der Waals surface area contributed by atoms with Gasteiger partial charge in [-0.3, -0.25) is 9.78 Å². The topological polar surface area (TPSA) is 49.3 Å². The summed E-state index contributed by atoms with van der Waals surface area (Å²) in [7, 11) is 0. The van der Waals surface area contributed by atoms with Crippen molar-refractivity contribution in [3.05, 3.63) is 66.0 Å². The number of carbonyl (C=O) groups excluding carboxylic acids is 1. The van der Waals surface area contributed by atoms with Crippen LogP contribution in [0.1, 0.15) is 30.4 Å². The highest BCUT2D eigenvalue weighted by Crippen LogP contribution is 2.34. The van der Waals surface area contributed by atoms with Crippen LogP contribution in [0.15, 0.2) is 54.9 Å². The number of aryl methyl sites for hydroxylation is 2. The number of anilines is 1. The predicted octanol–water partition coefficient (Wildman–Crippen LogP) is 3.75. The maximum absolute atomic E-state index is 12.9. The number of piperazine rings is 1. The molecule has 2 aliphatic heterocycles. The van der Waals surface area contributed by atoms with Crippen molar-refractivity contribution in [1.29, 1.82) is 0 Å². The summed E-state index contributed by atoms with van der Waals surface area (Å²) >= 11 is 0. The Bertz CT molecular complexity index is 1030. The third-order valence-corrected chi connectivity index (χ3v) is 6.32. The molecule has 2 fully saturated rings. The van der Waals surface area contributed by atoms with Gasteiger partial charge in [-0.05, 0) is 55.5 Å². The Kier molecular flexibility index (Phi) is 4.66. The molecule has 0 N–H and O–H groups in total. The number of fused-ring (bicyclic) bond motifs is 3. The highest BCUT2D eigenvalue weighted by molar-refractivity contribution is 5.82. The van der Waals surface area contributed by atoms with Crippen LogP contribution in [-0.4, -0.2) is 45.9 Å². The number of amides is 1. The van der Waals surface area contributed by atoms with Gasteiger partial charge in [0, 0.05) is 37.3 Å². The van der Waals surface area contributed by atoms with Crippen LogP contribution in [0.25, 0.3) is 10.9 Å². The minimum atomic E-state index is 0.298. The Morgan fingerprint density at radius 3 is 2.79 bits per heavy atom. The first kappa shape index (κ1) is 18.1. The maximum atomic E-state index is 12.9. The number of hydrogen-bond acceptors (Lipinski definition) is 4. The zero-order valence-corrected chi connectivity index (χ0v) is 16.8. The van der Waals surface area contributed by atoms with Gasteiger partial charge in [0.1, 0.15) is 5.82 Å². The molecule has 148 valence electrons. The van der Waals surface area contributed by atoms with Gasteiger partial charge in [0.25, 0.3) is 0 Å². The van der Waals surface area contributed by atoms with E-state index >= 15 is 0 Å². The summed E-state index contributed by atoms with van der Waals surface area (Å²) in [6, 6.07) is 15.3. The van der Waals surface area contributed by atoms with Crippen molar-refractivity contribution in [1.82, 2.24) is 14.9 Å². The van der Waals surface area contributed by atoms with Gasteiger partial charge in [-0.2, -0.15) is 0 Å². The number of aromatic nitrogens is 2. The summed E-state index contributed by atoms with van der Waals surface area (Å²) < 4.78 is 0. The monoisotopic (exact) mass is 386 g/mol. The average molecular weight is 386 g/mol. The van der Waals surface area contributed by atoms with Gasteiger partial charge < -0.3 is 9.80 Å². The molecule has 0 spiro atoms. The van der Waals surface area contributed by atoms with Gasteiger partial charge in [-0.25, -0.2) is 4.98 Å². The zero-order chi connectivity index (χ0) is 19.8. The molecule has 5 heteroatoms. The van der Waals surface area contributed by atoms with Crippen LogP contribution in [0.5, 0.6) is 0 Å². The smallest absolute Gasteiger partial charge is 0.222 e. The van der Waals surface area contributed by atoms with Gasteiger partial charge in [-0.1, -0.05) is 24.3 Å². The van der Waals surface area contributed by atoms with Crippen LogP contribution in [-0.2, 0) is 11.2 Å². The molecule has 29 heavy (non-hydrogen) atoms. The first-order chi connectivity index (χ1) is 14.2. The molecule has 2 unspecified atom stereocenters. The van der Waals surface area contributed by atoms with Gasteiger partial charge >= 0.3 is 0 Å². The van der Waals surface area contributed by atoms with Gasteiger partial charge in [-0.15, -0.1) is 0 Å². The van der Waals surface area contributed by atoms with Gasteiger partial charge in [0.05, 0.1) is 17.6 Å². The van der Waals surface area contributed by atoms with Crippen molar-refractivity contribution in [3.8, 4) is 0 Å². The molecule has 2 bridgehead atoms. The molecule has 3 aromatic rings. The molecule has 0 aliphatic carbocycles. The third kappa shape index (κ3) is 3.46. The minimum Gasteiger partial charge on any atom is -0.350 e. The van der Waals surface area contributed by atoms with E-state index in [1.165, 1.54) is 16.5 Å². The quantitative estimate of drug-likeness (QED) is 0.670. The number of pyridine rings is 2. The van der Waals surface area contributed by atoms with E-state index in [1.54, 1.807) is 0 Å². The standard InChI is InChI=1S/C24H26N4O/c1-17-10-11-23(26-14-17)27-15-20-13-19(27)16-28(20)24(29)9-3-6-18-5-2-8-22-21(18)7-4-12-25-22/h2,4-5,7-8,10-12,14,19-20H,3,6,9,13,15-16H2,1H3. The van der Waals surface area contributed by atoms with E-state index < -0.39 is 0 Å². The second-order valence-electron chi connectivity index (χ2n) is 8.28. The molecular weight excluding hydrogens is 360 g/mol.